The summed E-state index contributed by atoms with van der Waals surface area (Å²) in [7, 11) is 0. The molecular weight excluding hydrogens is 222 g/mol. The first-order chi connectivity index (χ1) is 8.47. The molecule has 0 aromatic carbocycles. The summed E-state index contributed by atoms with van der Waals surface area (Å²) >= 11 is 0. The molecule has 0 N–H and O–H groups in total. The van der Waals surface area contributed by atoms with Gasteiger partial charge in [0.2, 0.25) is 0 Å². The zero-order chi connectivity index (χ0) is 13.2. The molecule has 2 rings (SSSR count). The van der Waals surface area contributed by atoms with Gasteiger partial charge in [-0.2, -0.15) is 0 Å². The molecular formula is C16H23NO. The lowest BCUT2D eigenvalue weighted by atomic mass is 9.67. The molecule has 1 aliphatic carbocycles. The van der Waals surface area contributed by atoms with E-state index in [-0.39, 0.29) is 5.92 Å². The minimum atomic E-state index is 0.213. The Labute approximate surface area is 110 Å². The van der Waals surface area contributed by atoms with Crippen LogP contribution in [-0.4, -0.2) is 10.8 Å². The van der Waals surface area contributed by atoms with Gasteiger partial charge in [-0.05, 0) is 48.3 Å². The highest BCUT2D eigenvalue weighted by molar-refractivity contribution is 5.82. The van der Waals surface area contributed by atoms with Crippen LogP contribution >= 0.6 is 0 Å². The molecule has 0 amide bonds. The first-order valence-electron chi connectivity index (χ1n) is 6.88. The molecule has 2 nitrogen and oxygen atoms in total. The summed E-state index contributed by atoms with van der Waals surface area (Å²) in [6.07, 6.45) is 7.37. The van der Waals surface area contributed by atoms with Crippen molar-refractivity contribution < 1.29 is 4.79 Å². The van der Waals surface area contributed by atoms with Crippen LogP contribution in [-0.2, 0) is 11.2 Å². The maximum atomic E-state index is 12.1. The highest BCUT2D eigenvalue weighted by Crippen LogP contribution is 2.39. The van der Waals surface area contributed by atoms with Gasteiger partial charge in [0, 0.05) is 24.7 Å². The van der Waals surface area contributed by atoms with Crippen molar-refractivity contribution in [2.24, 2.45) is 17.3 Å². The standard InChI is InChI=1S/C16H23NO/c1-16(2,3)14-4-5-15(18)13(11-14)10-12-6-8-17-9-7-12/h6-9,13-14H,4-5,10-11H2,1-3H3. The van der Waals surface area contributed by atoms with E-state index in [1.165, 1.54) is 5.56 Å². The Morgan fingerprint density at radius 3 is 2.56 bits per heavy atom. The first kappa shape index (κ1) is 13.3. The molecule has 2 heteroatoms. The smallest absolute Gasteiger partial charge is 0.136 e. The summed E-state index contributed by atoms with van der Waals surface area (Å²) in [4.78, 5) is 16.1. The highest BCUT2D eigenvalue weighted by Gasteiger charge is 2.34. The lowest BCUT2D eigenvalue weighted by Crippen LogP contribution is -2.33. The third kappa shape index (κ3) is 3.18. The SMILES string of the molecule is CC(C)(C)C1CCC(=O)C(Cc2ccncc2)C1. The molecule has 0 bridgehead atoms. The van der Waals surface area contributed by atoms with E-state index in [9.17, 15) is 4.79 Å². The van der Waals surface area contributed by atoms with E-state index in [2.05, 4.69) is 25.8 Å². The third-order valence-electron chi connectivity index (χ3n) is 4.22. The first-order valence-corrected chi connectivity index (χ1v) is 6.88. The second kappa shape index (κ2) is 5.21. The molecule has 18 heavy (non-hydrogen) atoms. The fourth-order valence-corrected chi connectivity index (χ4v) is 2.90. The maximum absolute atomic E-state index is 12.1. The molecule has 0 radical (unpaired) electrons. The Hall–Kier alpha value is -1.18. The number of carbonyl (C=O) groups is 1. The minimum Gasteiger partial charge on any atom is -0.299 e. The van der Waals surface area contributed by atoms with Gasteiger partial charge >= 0.3 is 0 Å². The normalized spacial score (nSPS) is 25.2. The van der Waals surface area contributed by atoms with Gasteiger partial charge in [-0.25, -0.2) is 0 Å². The number of hydrogen-bond acceptors (Lipinski definition) is 2. The number of pyridine rings is 1. The van der Waals surface area contributed by atoms with E-state index < -0.39 is 0 Å². The van der Waals surface area contributed by atoms with Crippen LogP contribution in [0.2, 0.25) is 0 Å². The van der Waals surface area contributed by atoms with Crippen molar-refractivity contribution in [1.29, 1.82) is 0 Å². The van der Waals surface area contributed by atoms with Crippen LogP contribution in [0.5, 0.6) is 0 Å². The zero-order valence-corrected chi connectivity index (χ0v) is 11.6. The molecule has 0 saturated heterocycles. The van der Waals surface area contributed by atoms with E-state index in [4.69, 9.17) is 0 Å². The van der Waals surface area contributed by atoms with Crippen molar-refractivity contribution in [1.82, 2.24) is 4.98 Å². The van der Waals surface area contributed by atoms with Crippen molar-refractivity contribution in [2.75, 3.05) is 0 Å². The van der Waals surface area contributed by atoms with Gasteiger partial charge in [0.05, 0.1) is 0 Å². The van der Waals surface area contributed by atoms with Gasteiger partial charge in [0.25, 0.3) is 0 Å². The Morgan fingerprint density at radius 1 is 1.28 bits per heavy atom. The predicted octanol–water partition coefficient (Wildman–Crippen LogP) is 3.66. The predicted molar refractivity (Wildman–Crippen MR) is 73.2 cm³/mol. The monoisotopic (exact) mass is 245 g/mol. The molecule has 0 aliphatic heterocycles. The van der Waals surface area contributed by atoms with Gasteiger partial charge in [-0.3, -0.25) is 9.78 Å². The third-order valence-corrected chi connectivity index (χ3v) is 4.22. The fraction of sp³-hybridized carbons (Fsp3) is 0.625. The molecule has 1 heterocycles. The van der Waals surface area contributed by atoms with E-state index in [1.807, 2.05) is 24.5 Å². The Kier molecular flexibility index (Phi) is 3.84. The summed E-state index contributed by atoms with van der Waals surface area (Å²) < 4.78 is 0. The summed E-state index contributed by atoms with van der Waals surface area (Å²) in [5, 5.41) is 0. The Morgan fingerprint density at radius 2 is 1.94 bits per heavy atom. The lowest BCUT2D eigenvalue weighted by Gasteiger charge is -2.37. The molecule has 1 fully saturated rings. The maximum Gasteiger partial charge on any atom is 0.136 e. The minimum absolute atomic E-state index is 0.213. The van der Waals surface area contributed by atoms with Crippen molar-refractivity contribution in [2.45, 2.75) is 46.5 Å². The number of rotatable bonds is 2. The van der Waals surface area contributed by atoms with Gasteiger partial charge in [0.15, 0.2) is 0 Å². The van der Waals surface area contributed by atoms with Gasteiger partial charge < -0.3 is 0 Å². The zero-order valence-electron chi connectivity index (χ0n) is 11.6. The molecule has 98 valence electrons. The average molecular weight is 245 g/mol. The van der Waals surface area contributed by atoms with Crippen molar-refractivity contribution >= 4 is 5.78 Å². The van der Waals surface area contributed by atoms with Crippen LogP contribution in [0.4, 0.5) is 0 Å². The topological polar surface area (TPSA) is 30.0 Å². The average Bonchev–Trinajstić information content (AvgIpc) is 2.32. The van der Waals surface area contributed by atoms with Crippen LogP contribution in [0.25, 0.3) is 0 Å². The summed E-state index contributed by atoms with van der Waals surface area (Å²) in [6, 6.07) is 4.04. The van der Waals surface area contributed by atoms with E-state index in [0.29, 0.717) is 17.1 Å². The molecule has 1 saturated carbocycles. The van der Waals surface area contributed by atoms with Crippen LogP contribution < -0.4 is 0 Å². The Bertz CT molecular complexity index is 405. The molecule has 2 unspecified atom stereocenters. The molecule has 1 aliphatic rings. The van der Waals surface area contributed by atoms with Crippen molar-refractivity contribution in [3.8, 4) is 0 Å². The van der Waals surface area contributed by atoms with Gasteiger partial charge in [0.1, 0.15) is 5.78 Å². The van der Waals surface area contributed by atoms with Crippen molar-refractivity contribution in [3.63, 3.8) is 0 Å². The summed E-state index contributed by atoms with van der Waals surface area (Å²) in [6.45, 7) is 6.87. The number of Topliss-reactive ketones (excluding diaryl/α,β-unsaturated/α-hetero) is 1. The summed E-state index contributed by atoms with van der Waals surface area (Å²) in [5.41, 5.74) is 1.55. The second-order valence-electron chi connectivity index (χ2n) is 6.56. The van der Waals surface area contributed by atoms with Gasteiger partial charge in [-0.15, -0.1) is 0 Å². The largest absolute Gasteiger partial charge is 0.299 e. The number of aromatic nitrogens is 1. The molecule has 2 atom stereocenters. The van der Waals surface area contributed by atoms with E-state index >= 15 is 0 Å². The number of carbonyl (C=O) groups excluding carboxylic acids is 1. The van der Waals surface area contributed by atoms with Crippen molar-refractivity contribution in [3.05, 3.63) is 30.1 Å². The molecule has 1 aromatic heterocycles. The van der Waals surface area contributed by atoms with E-state index in [0.717, 1.165) is 25.7 Å². The highest BCUT2D eigenvalue weighted by atomic mass is 16.1. The quantitative estimate of drug-likeness (QED) is 0.796. The fourth-order valence-electron chi connectivity index (χ4n) is 2.90. The second-order valence-corrected chi connectivity index (χ2v) is 6.56. The van der Waals surface area contributed by atoms with Crippen LogP contribution in [0, 0.1) is 17.3 Å². The van der Waals surface area contributed by atoms with Crippen LogP contribution in [0.3, 0.4) is 0 Å². The van der Waals surface area contributed by atoms with Crippen LogP contribution in [0.15, 0.2) is 24.5 Å². The molecule has 0 spiro atoms. The van der Waals surface area contributed by atoms with Crippen LogP contribution in [0.1, 0.15) is 45.6 Å². The van der Waals surface area contributed by atoms with E-state index in [1.54, 1.807) is 0 Å². The number of ketones is 1. The number of nitrogens with zero attached hydrogens (tertiary/aromatic N) is 1. The Balaban J connectivity index is 2.05. The van der Waals surface area contributed by atoms with Gasteiger partial charge in [-0.1, -0.05) is 20.8 Å². The molecule has 1 aromatic rings. The number of hydrogen-bond donors (Lipinski definition) is 0. The lowest BCUT2D eigenvalue weighted by molar-refractivity contribution is -0.126. The summed E-state index contributed by atoms with van der Waals surface area (Å²) in [5.74, 6) is 1.33.